The van der Waals surface area contributed by atoms with Gasteiger partial charge in [-0.05, 0) is 28.6 Å². The minimum Gasteiger partial charge on any atom is -0.465 e. The van der Waals surface area contributed by atoms with Crippen LogP contribution in [0.15, 0.2) is 0 Å². The Balaban J connectivity index is 6.04. The monoisotopic (exact) mass is 384 g/mol. The van der Waals surface area contributed by atoms with Crippen molar-refractivity contribution in [3.8, 4) is 0 Å². The molecule has 160 valence electrons. The smallest absolute Gasteiger partial charge is 0.313 e. The van der Waals surface area contributed by atoms with Crippen molar-refractivity contribution < 1.29 is 19.1 Å². The second kappa shape index (κ2) is 9.43. The molecule has 0 aliphatic heterocycles. The van der Waals surface area contributed by atoms with Crippen LogP contribution in [0.2, 0.25) is 0 Å². The second-order valence-corrected chi connectivity index (χ2v) is 11.3. The van der Waals surface area contributed by atoms with E-state index in [0.717, 1.165) is 0 Å². The summed E-state index contributed by atoms with van der Waals surface area (Å²) in [5.41, 5.74) is -1.17. The lowest BCUT2D eigenvalue weighted by Gasteiger charge is -2.45. The van der Waals surface area contributed by atoms with Crippen molar-refractivity contribution in [1.29, 1.82) is 0 Å². The first-order chi connectivity index (χ1) is 12.0. The molecule has 4 heteroatoms. The molecule has 4 nitrogen and oxygen atoms in total. The molecule has 0 amide bonds. The van der Waals surface area contributed by atoms with Gasteiger partial charge in [0.1, 0.15) is 0 Å². The number of hydrogen-bond donors (Lipinski definition) is 0. The number of rotatable bonds is 8. The van der Waals surface area contributed by atoms with Crippen molar-refractivity contribution in [2.75, 3.05) is 13.2 Å². The summed E-state index contributed by atoms with van der Waals surface area (Å²) in [7, 11) is 0. The molecule has 0 rings (SSSR count). The molecule has 0 fully saturated rings. The summed E-state index contributed by atoms with van der Waals surface area (Å²) in [4.78, 5) is 26.6. The van der Waals surface area contributed by atoms with Crippen LogP contribution in [0.1, 0.15) is 83.1 Å². The molecule has 1 atom stereocenters. The van der Waals surface area contributed by atoms with E-state index in [-0.39, 0.29) is 40.5 Å². The number of carbonyl (C=O) groups is 2. The van der Waals surface area contributed by atoms with Gasteiger partial charge in [-0.15, -0.1) is 0 Å². The molecule has 0 spiro atoms. The van der Waals surface area contributed by atoms with E-state index in [2.05, 4.69) is 0 Å². The van der Waals surface area contributed by atoms with E-state index in [1.165, 1.54) is 0 Å². The number of hydrogen-bond acceptors (Lipinski definition) is 4. The SMILES string of the molecule is CC(C)C(C(=O)OCC(C)(C)C)C(C(=O)OCC(C)(C)C)(C(C)C)C(C)C. The van der Waals surface area contributed by atoms with E-state index in [9.17, 15) is 9.59 Å². The Morgan fingerprint density at radius 3 is 1.37 bits per heavy atom. The Morgan fingerprint density at radius 2 is 1.07 bits per heavy atom. The fourth-order valence-corrected chi connectivity index (χ4v) is 3.79. The molecule has 0 aromatic rings. The zero-order chi connectivity index (χ0) is 21.8. The van der Waals surface area contributed by atoms with Crippen LogP contribution in [0.4, 0.5) is 0 Å². The lowest BCUT2D eigenvalue weighted by molar-refractivity contribution is -0.185. The molecule has 0 aromatic heterocycles. The first kappa shape index (κ1) is 25.9. The van der Waals surface area contributed by atoms with Crippen molar-refractivity contribution in [3.05, 3.63) is 0 Å². The van der Waals surface area contributed by atoms with E-state index in [1.807, 2.05) is 83.1 Å². The molecular formula is C23H44O4. The lowest BCUT2D eigenvalue weighted by Crippen LogP contribution is -2.54. The minimum absolute atomic E-state index is 0.0375. The van der Waals surface area contributed by atoms with Gasteiger partial charge in [0.2, 0.25) is 0 Å². The van der Waals surface area contributed by atoms with Crippen molar-refractivity contribution in [3.63, 3.8) is 0 Å². The Labute approximate surface area is 167 Å². The van der Waals surface area contributed by atoms with Crippen LogP contribution in [-0.2, 0) is 19.1 Å². The molecular weight excluding hydrogens is 340 g/mol. The highest BCUT2D eigenvalue weighted by Gasteiger charge is 2.56. The fraction of sp³-hybridized carbons (Fsp3) is 0.913. The standard InChI is InChI=1S/C23H44O4/c1-15(2)18(19(24)26-13-21(7,8)9)23(16(3)4,17(5)6)20(25)27-14-22(10,11)12/h15-18H,13-14H2,1-12H3. The molecule has 0 saturated heterocycles. The minimum atomic E-state index is -0.922. The highest BCUT2D eigenvalue weighted by Crippen LogP contribution is 2.48. The maximum absolute atomic E-state index is 13.4. The zero-order valence-electron chi connectivity index (χ0n) is 19.9. The Hall–Kier alpha value is -1.06. The number of carbonyl (C=O) groups excluding carboxylic acids is 2. The number of esters is 2. The van der Waals surface area contributed by atoms with Gasteiger partial charge in [-0.25, -0.2) is 0 Å². The van der Waals surface area contributed by atoms with Gasteiger partial charge >= 0.3 is 11.9 Å². The van der Waals surface area contributed by atoms with Gasteiger partial charge in [-0.3, -0.25) is 9.59 Å². The van der Waals surface area contributed by atoms with Crippen LogP contribution in [0, 0.1) is 39.9 Å². The highest BCUT2D eigenvalue weighted by molar-refractivity contribution is 5.86. The summed E-state index contributed by atoms with van der Waals surface area (Å²) in [5.74, 6) is -1.28. The molecule has 1 unspecified atom stereocenters. The summed E-state index contributed by atoms with van der Waals surface area (Å²) in [6, 6.07) is 0. The predicted molar refractivity (Wildman–Crippen MR) is 111 cm³/mol. The Kier molecular flexibility index (Phi) is 9.06. The van der Waals surface area contributed by atoms with E-state index in [4.69, 9.17) is 9.47 Å². The molecule has 27 heavy (non-hydrogen) atoms. The predicted octanol–water partition coefficient (Wildman–Crippen LogP) is 5.74. The molecule has 0 saturated carbocycles. The van der Waals surface area contributed by atoms with Crippen LogP contribution >= 0.6 is 0 Å². The van der Waals surface area contributed by atoms with Gasteiger partial charge in [0.25, 0.3) is 0 Å². The molecule has 0 N–H and O–H groups in total. The van der Waals surface area contributed by atoms with Gasteiger partial charge in [-0.1, -0.05) is 83.1 Å². The largest absolute Gasteiger partial charge is 0.465 e. The van der Waals surface area contributed by atoms with E-state index >= 15 is 0 Å². The van der Waals surface area contributed by atoms with Gasteiger partial charge in [0, 0.05) is 0 Å². The van der Waals surface area contributed by atoms with E-state index < -0.39 is 11.3 Å². The summed E-state index contributed by atoms with van der Waals surface area (Å²) in [5, 5.41) is 0. The van der Waals surface area contributed by atoms with Crippen molar-refractivity contribution in [2.45, 2.75) is 83.1 Å². The average Bonchev–Trinajstić information content (AvgIpc) is 2.44. The first-order valence-electron chi connectivity index (χ1n) is 10.3. The highest BCUT2D eigenvalue weighted by atomic mass is 16.5. The Bertz CT molecular complexity index is 481. The van der Waals surface area contributed by atoms with Crippen LogP contribution in [0.3, 0.4) is 0 Å². The second-order valence-electron chi connectivity index (χ2n) is 11.3. The average molecular weight is 385 g/mol. The third-order valence-electron chi connectivity index (χ3n) is 4.98. The van der Waals surface area contributed by atoms with Crippen LogP contribution in [0.25, 0.3) is 0 Å². The van der Waals surface area contributed by atoms with Crippen molar-refractivity contribution >= 4 is 11.9 Å². The summed E-state index contributed by atoms with van der Waals surface area (Å²) >= 11 is 0. The van der Waals surface area contributed by atoms with Gasteiger partial charge in [0.15, 0.2) is 0 Å². The summed E-state index contributed by atoms with van der Waals surface area (Å²) < 4.78 is 11.5. The maximum atomic E-state index is 13.4. The third-order valence-corrected chi connectivity index (χ3v) is 4.98. The maximum Gasteiger partial charge on any atom is 0.313 e. The molecule has 0 aromatic carbocycles. The summed E-state index contributed by atoms with van der Waals surface area (Å²) in [6.07, 6.45) is 0. The molecule has 0 radical (unpaired) electrons. The van der Waals surface area contributed by atoms with Crippen molar-refractivity contribution in [1.82, 2.24) is 0 Å². The van der Waals surface area contributed by atoms with Crippen LogP contribution in [-0.4, -0.2) is 25.2 Å². The fourth-order valence-electron chi connectivity index (χ4n) is 3.79. The molecule has 0 bridgehead atoms. The van der Waals surface area contributed by atoms with Gasteiger partial charge < -0.3 is 9.47 Å². The lowest BCUT2D eigenvalue weighted by atomic mass is 9.58. The van der Waals surface area contributed by atoms with Gasteiger partial charge in [0.05, 0.1) is 24.5 Å². The Morgan fingerprint density at radius 1 is 0.704 bits per heavy atom. The zero-order valence-corrected chi connectivity index (χ0v) is 19.9. The number of ether oxygens (including phenoxy) is 2. The quantitative estimate of drug-likeness (QED) is 0.501. The normalized spacial score (nSPS) is 14.6. The van der Waals surface area contributed by atoms with Gasteiger partial charge in [-0.2, -0.15) is 0 Å². The molecule has 0 aliphatic carbocycles. The molecule has 0 aliphatic rings. The van der Waals surface area contributed by atoms with Crippen molar-refractivity contribution in [2.24, 2.45) is 39.9 Å². The topological polar surface area (TPSA) is 52.6 Å². The first-order valence-corrected chi connectivity index (χ1v) is 10.3. The van der Waals surface area contributed by atoms with Crippen LogP contribution < -0.4 is 0 Å². The molecule has 0 heterocycles. The van der Waals surface area contributed by atoms with Crippen LogP contribution in [0.5, 0.6) is 0 Å². The summed E-state index contributed by atoms with van der Waals surface area (Å²) in [6.45, 7) is 24.8. The third kappa shape index (κ3) is 7.12. The van der Waals surface area contributed by atoms with E-state index in [0.29, 0.717) is 13.2 Å². The van der Waals surface area contributed by atoms with E-state index in [1.54, 1.807) is 0 Å².